The molecule has 6 aromatic rings. The third-order valence-corrected chi connectivity index (χ3v) is 8.15. The number of halogens is 6. The highest BCUT2D eigenvalue weighted by Gasteiger charge is 2.21. The lowest BCUT2D eigenvalue weighted by Gasteiger charge is -2.10. The highest BCUT2D eigenvalue weighted by molar-refractivity contribution is 6.30. The van der Waals surface area contributed by atoms with Crippen LogP contribution in [0.15, 0.2) is 77.6 Å². The van der Waals surface area contributed by atoms with E-state index in [1.165, 1.54) is 36.4 Å². The Morgan fingerprint density at radius 2 is 1.21 bits per heavy atom. The van der Waals surface area contributed by atoms with Crippen LogP contribution < -0.4 is 11.3 Å². The van der Waals surface area contributed by atoms with Crippen molar-refractivity contribution in [3.63, 3.8) is 0 Å². The molecule has 0 aliphatic carbocycles. The summed E-state index contributed by atoms with van der Waals surface area (Å²) in [4.78, 5) is 66.7. The van der Waals surface area contributed by atoms with Crippen molar-refractivity contribution in [2.45, 2.75) is 54.0 Å². The molecule has 0 bridgehead atoms. The molecule has 63 heavy (non-hydrogen) atoms. The van der Waals surface area contributed by atoms with E-state index in [1.807, 2.05) is 0 Å². The summed E-state index contributed by atoms with van der Waals surface area (Å²) in [6.45, 7) is 10.7. The number of aromatic amines is 1. The summed E-state index contributed by atoms with van der Waals surface area (Å²) in [5.74, 6) is -4.50. The number of nitrogens with two attached hydrogens (primary N) is 1. The Morgan fingerprint density at radius 1 is 0.714 bits per heavy atom. The van der Waals surface area contributed by atoms with E-state index in [2.05, 4.69) is 24.7 Å². The molecule has 3 N–H and O–H groups in total. The molecular formula is C41H41ClF5N7O9. The maximum atomic E-state index is 12.9. The Morgan fingerprint density at radius 3 is 1.75 bits per heavy atom. The Kier molecular flexibility index (Phi) is 20.7. The zero-order valence-electron chi connectivity index (χ0n) is 34.5. The molecule has 6 rings (SSSR count). The molecule has 0 saturated heterocycles. The Labute approximate surface area is 360 Å². The van der Waals surface area contributed by atoms with Gasteiger partial charge in [-0.15, -0.1) is 0 Å². The molecule has 2 heterocycles. The number of rotatable bonds is 8. The number of ether oxygens (including phenoxy) is 2. The van der Waals surface area contributed by atoms with Gasteiger partial charge in [0.25, 0.3) is 11.2 Å². The summed E-state index contributed by atoms with van der Waals surface area (Å²) >= 11 is 5.74. The number of H-pyrrole nitrogens is 1. The largest absolute Gasteiger partial charge is 0.466 e. The first-order chi connectivity index (χ1) is 29.6. The second kappa shape index (κ2) is 25.1. The van der Waals surface area contributed by atoms with Crippen LogP contribution in [-0.2, 0) is 25.5 Å². The van der Waals surface area contributed by atoms with Crippen LogP contribution >= 0.6 is 11.6 Å². The van der Waals surface area contributed by atoms with Crippen LogP contribution in [0.2, 0.25) is 5.15 Å². The monoisotopic (exact) mass is 905 g/mol. The number of carbonyl (C=O) groups excluding carboxylic acids is 2. The van der Waals surface area contributed by atoms with Gasteiger partial charge in [0.1, 0.15) is 35.0 Å². The first-order valence-electron chi connectivity index (χ1n) is 18.4. The van der Waals surface area contributed by atoms with E-state index < -0.39 is 50.9 Å². The maximum absolute atomic E-state index is 12.9. The third kappa shape index (κ3) is 17.1. The number of carbonyl (C=O) groups is 2. The van der Waals surface area contributed by atoms with Crippen molar-refractivity contribution in [2.24, 2.45) is 11.7 Å². The molecule has 0 spiro atoms. The number of nitrogens with one attached hydrogen (secondary N) is 1. The first-order valence-corrected chi connectivity index (χ1v) is 18.8. The number of hydrogen-bond donors (Lipinski definition) is 2. The Hall–Kier alpha value is -7.00. The van der Waals surface area contributed by atoms with Gasteiger partial charge < -0.3 is 20.2 Å². The van der Waals surface area contributed by atoms with E-state index in [0.717, 1.165) is 18.2 Å². The van der Waals surface area contributed by atoms with Gasteiger partial charge in [0, 0.05) is 11.6 Å². The van der Waals surface area contributed by atoms with Gasteiger partial charge >= 0.3 is 17.6 Å². The molecule has 0 unspecified atom stereocenters. The second-order valence-corrected chi connectivity index (χ2v) is 13.2. The van der Waals surface area contributed by atoms with Crippen LogP contribution in [0.5, 0.6) is 0 Å². The third-order valence-electron chi connectivity index (χ3n) is 7.79. The standard InChI is InChI=1S/C12H14FNO4.C9H6ClFN2.C9H7FN2O.C6H3F2NO2.C5H11NO2/c1-3-18-12(15)8(2)6-9-4-5-10(13)7-11(9)14(16)17;1-5-9(10)13-8-4-6(11)2-3-7(8)12-5;1-5-9(13)12-8-4-6(10)2-3-7(8)11-5;7-4-1-2-5(8)6(3-4)9(10)11;1-3-8-5(7)4(2)6/h4-5,7-8H,3,6H2,1-2H3;2-4H,1H3;2-4H,1H3,(H,12,13);1-3H;4H,3,6H2,1-2H3/t8-;;;;4-/m1...0/s1. The van der Waals surface area contributed by atoms with Crippen molar-refractivity contribution < 1.29 is 50.9 Å². The van der Waals surface area contributed by atoms with Gasteiger partial charge in [0.2, 0.25) is 5.82 Å². The average Bonchev–Trinajstić information content (AvgIpc) is 3.21. The molecular weight excluding hydrogens is 865 g/mol. The van der Waals surface area contributed by atoms with E-state index in [9.17, 15) is 56.6 Å². The fraction of sp³-hybridized carbons (Fsp3) is 0.268. The molecule has 22 heteroatoms. The number of nitro groups is 2. The normalized spacial score (nSPS) is 11.1. The average molecular weight is 906 g/mol. The van der Waals surface area contributed by atoms with Crippen molar-refractivity contribution in [1.29, 1.82) is 0 Å². The summed E-state index contributed by atoms with van der Waals surface area (Å²) < 4.78 is 72.4. The number of nitrogens with zero attached hydrogens (tertiary/aromatic N) is 5. The van der Waals surface area contributed by atoms with E-state index in [1.54, 1.807) is 47.6 Å². The quantitative estimate of drug-likeness (QED) is 0.0633. The van der Waals surface area contributed by atoms with Crippen LogP contribution in [0.25, 0.3) is 22.1 Å². The minimum Gasteiger partial charge on any atom is -0.466 e. The molecule has 4 aromatic carbocycles. The van der Waals surface area contributed by atoms with E-state index in [-0.39, 0.29) is 41.9 Å². The fourth-order valence-corrected chi connectivity index (χ4v) is 4.85. The molecule has 2 atom stereocenters. The van der Waals surface area contributed by atoms with Crippen LogP contribution in [0, 0.1) is 69.1 Å². The summed E-state index contributed by atoms with van der Waals surface area (Å²) in [5.41, 5.74) is 7.23. The Bertz CT molecular complexity index is 2620. The van der Waals surface area contributed by atoms with Crippen molar-refractivity contribution in [2.75, 3.05) is 13.2 Å². The molecule has 0 aliphatic rings. The molecule has 0 fully saturated rings. The topological polar surface area (TPSA) is 236 Å². The van der Waals surface area contributed by atoms with Crippen molar-refractivity contribution in [3.8, 4) is 0 Å². The van der Waals surface area contributed by atoms with E-state index in [4.69, 9.17) is 22.1 Å². The van der Waals surface area contributed by atoms with Gasteiger partial charge in [0.05, 0.1) is 68.9 Å². The Balaban J connectivity index is 0.000000277. The van der Waals surface area contributed by atoms with Crippen LogP contribution in [0.4, 0.5) is 33.3 Å². The number of aryl methyl sites for hydroxylation is 2. The molecule has 0 amide bonds. The van der Waals surface area contributed by atoms with Crippen LogP contribution in [-0.4, -0.2) is 61.0 Å². The van der Waals surface area contributed by atoms with Gasteiger partial charge in [-0.3, -0.25) is 34.6 Å². The number of aromatic nitrogens is 4. The highest BCUT2D eigenvalue weighted by atomic mass is 35.5. The van der Waals surface area contributed by atoms with Gasteiger partial charge in [-0.05, 0) is 95.6 Å². The predicted molar refractivity (Wildman–Crippen MR) is 222 cm³/mol. The molecule has 16 nitrogen and oxygen atoms in total. The molecule has 2 aromatic heterocycles. The predicted octanol–water partition coefficient (Wildman–Crippen LogP) is 8.35. The highest BCUT2D eigenvalue weighted by Crippen LogP contribution is 2.23. The van der Waals surface area contributed by atoms with Crippen LogP contribution in [0.1, 0.15) is 44.6 Å². The van der Waals surface area contributed by atoms with Crippen molar-refractivity contribution in [3.05, 3.63) is 155 Å². The van der Waals surface area contributed by atoms with Gasteiger partial charge in [-0.2, -0.15) is 4.39 Å². The number of benzene rings is 4. The van der Waals surface area contributed by atoms with Gasteiger partial charge in [-0.1, -0.05) is 18.5 Å². The molecule has 0 saturated carbocycles. The molecule has 0 aliphatic heterocycles. The summed E-state index contributed by atoms with van der Waals surface area (Å²) in [5, 5.41) is 21.1. The smallest absolute Gasteiger partial charge is 0.322 e. The van der Waals surface area contributed by atoms with Crippen LogP contribution in [0.3, 0.4) is 0 Å². The van der Waals surface area contributed by atoms with Crippen molar-refractivity contribution >= 4 is 57.0 Å². The zero-order chi connectivity index (χ0) is 47.6. The molecule has 0 radical (unpaired) electrons. The summed E-state index contributed by atoms with van der Waals surface area (Å²) in [7, 11) is 0. The number of esters is 2. The number of hydrogen-bond acceptors (Lipinski definition) is 13. The van der Waals surface area contributed by atoms with Gasteiger partial charge in [-0.25, -0.2) is 32.5 Å². The number of nitro benzene ring substituents is 2. The molecule has 336 valence electrons. The minimum atomic E-state index is -1.03. The van der Waals surface area contributed by atoms with E-state index in [0.29, 0.717) is 62.9 Å². The lowest BCUT2D eigenvalue weighted by atomic mass is 10.00. The number of fused-ring (bicyclic) bond motifs is 2. The minimum absolute atomic E-state index is 0.148. The SMILES string of the molecule is CCOC(=O)[C@H](C)Cc1ccc(F)cc1[N+](=O)[O-].CCOC(=O)[C@H](C)N.Cc1nc2ccc(F)cc2[nH]c1=O.Cc1nc2ccc(F)cc2nc1Cl.O=[N+]([O-])c1cc(F)ccc1F. The maximum Gasteiger partial charge on any atom is 0.322 e. The fourth-order valence-electron chi connectivity index (χ4n) is 4.72. The lowest BCUT2D eigenvalue weighted by molar-refractivity contribution is -0.387. The first kappa shape index (κ1) is 52.1. The zero-order valence-corrected chi connectivity index (χ0v) is 35.2. The lowest BCUT2D eigenvalue weighted by Crippen LogP contribution is -2.28. The summed E-state index contributed by atoms with van der Waals surface area (Å²) in [6, 6.07) is 13.2. The van der Waals surface area contributed by atoms with E-state index >= 15 is 0 Å². The van der Waals surface area contributed by atoms with Gasteiger partial charge in [0.15, 0.2) is 5.15 Å². The summed E-state index contributed by atoms with van der Waals surface area (Å²) in [6.07, 6.45) is 0.148. The second-order valence-electron chi connectivity index (χ2n) is 12.8. The van der Waals surface area contributed by atoms with Crippen molar-refractivity contribution in [1.82, 2.24) is 19.9 Å².